The van der Waals surface area contributed by atoms with Crippen molar-refractivity contribution in [1.29, 1.82) is 0 Å². The fourth-order valence-electron chi connectivity index (χ4n) is 2.79. The molecule has 1 unspecified atom stereocenters. The second kappa shape index (κ2) is 5.37. The van der Waals surface area contributed by atoms with Crippen LogP contribution in [0.2, 0.25) is 0 Å². The highest BCUT2D eigenvalue weighted by Gasteiger charge is 2.23. The molecular formula is C17H17NO2. The van der Waals surface area contributed by atoms with Crippen molar-refractivity contribution >= 4 is 5.91 Å². The Labute approximate surface area is 118 Å². The fraction of sp³-hybridized carbons (Fsp3) is 0.235. The van der Waals surface area contributed by atoms with Crippen LogP contribution in [0, 0.1) is 0 Å². The van der Waals surface area contributed by atoms with Crippen LogP contribution in [0.4, 0.5) is 0 Å². The number of aryl methyl sites for hydroxylation is 1. The summed E-state index contributed by atoms with van der Waals surface area (Å²) in [6.45, 7) is 0. The predicted octanol–water partition coefficient (Wildman–Crippen LogP) is 2.74. The van der Waals surface area contributed by atoms with Gasteiger partial charge >= 0.3 is 0 Å². The maximum Gasteiger partial charge on any atom is 0.225 e. The number of carbonyl (C=O) groups is 1. The molecule has 0 aromatic heterocycles. The Morgan fingerprint density at radius 3 is 2.75 bits per heavy atom. The summed E-state index contributed by atoms with van der Waals surface area (Å²) in [6, 6.07) is 15.3. The van der Waals surface area contributed by atoms with Crippen molar-refractivity contribution in [2.24, 2.45) is 0 Å². The van der Waals surface area contributed by atoms with E-state index in [0.717, 1.165) is 12.8 Å². The number of nitrogens with one attached hydrogen (secondary N) is 1. The number of benzene rings is 2. The lowest BCUT2D eigenvalue weighted by Gasteiger charge is -2.14. The SMILES string of the molecule is O=C(Cc1ccccc1O)NC1CCc2ccccc21. The Kier molecular flexibility index (Phi) is 3.42. The molecule has 3 heteroatoms. The van der Waals surface area contributed by atoms with E-state index >= 15 is 0 Å². The van der Waals surface area contributed by atoms with Crippen LogP contribution in [0.5, 0.6) is 5.75 Å². The first-order valence-electron chi connectivity index (χ1n) is 6.88. The van der Waals surface area contributed by atoms with Gasteiger partial charge in [0.2, 0.25) is 5.91 Å². The minimum atomic E-state index is -0.0480. The highest BCUT2D eigenvalue weighted by Crippen LogP contribution is 2.30. The Morgan fingerprint density at radius 1 is 1.15 bits per heavy atom. The molecule has 2 aromatic rings. The second-order valence-corrected chi connectivity index (χ2v) is 5.16. The van der Waals surface area contributed by atoms with E-state index in [0.29, 0.717) is 5.56 Å². The standard InChI is InChI=1S/C17H17NO2/c19-16-8-4-2-6-13(16)11-17(20)18-15-10-9-12-5-1-3-7-14(12)15/h1-8,15,19H,9-11H2,(H,18,20). The molecule has 0 aliphatic heterocycles. The normalized spacial score (nSPS) is 16.7. The quantitative estimate of drug-likeness (QED) is 0.898. The van der Waals surface area contributed by atoms with Crippen LogP contribution < -0.4 is 5.32 Å². The van der Waals surface area contributed by atoms with Crippen LogP contribution in [0.25, 0.3) is 0 Å². The maximum atomic E-state index is 12.1. The Balaban J connectivity index is 1.68. The van der Waals surface area contributed by atoms with Gasteiger partial charge in [0.1, 0.15) is 5.75 Å². The first-order valence-corrected chi connectivity index (χ1v) is 6.88. The molecule has 0 bridgehead atoms. The van der Waals surface area contributed by atoms with Gasteiger partial charge in [-0.1, -0.05) is 42.5 Å². The number of amides is 1. The van der Waals surface area contributed by atoms with Gasteiger partial charge in [-0.2, -0.15) is 0 Å². The summed E-state index contributed by atoms with van der Waals surface area (Å²) >= 11 is 0. The molecule has 2 N–H and O–H groups in total. The van der Waals surface area contributed by atoms with Gasteiger partial charge < -0.3 is 10.4 Å². The van der Waals surface area contributed by atoms with Crippen LogP contribution in [0.1, 0.15) is 29.2 Å². The van der Waals surface area contributed by atoms with E-state index in [2.05, 4.69) is 17.4 Å². The van der Waals surface area contributed by atoms with Gasteiger partial charge in [0, 0.05) is 5.56 Å². The molecule has 1 aliphatic rings. The molecule has 1 aliphatic carbocycles. The number of fused-ring (bicyclic) bond motifs is 1. The van der Waals surface area contributed by atoms with Crippen LogP contribution in [-0.4, -0.2) is 11.0 Å². The van der Waals surface area contributed by atoms with Crippen molar-refractivity contribution in [2.75, 3.05) is 0 Å². The van der Waals surface area contributed by atoms with E-state index in [1.165, 1.54) is 11.1 Å². The molecule has 3 rings (SSSR count). The van der Waals surface area contributed by atoms with E-state index in [-0.39, 0.29) is 24.1 Å². The summed E-state index contributed by atoms with van der Waals surface area (Å²) < 4.78 is 0. The van der Waals surface area contributed by atoms with Crippen molar-refractivity contribution < 1.29 is 9.90 Å². The molecule has 0 fully saturated rings. The highest BCUT2D eigenvalue weighted by atomic mass is 16.3. The number of phenolic OH excluding ortho intramolecular Hbond substituents is 1. The lowest BCUT2D eigenvalue weighted by atomic mass is 10.1. The Hall–Kier alpha value is -2.29. The third-order valence-corrected chi connectivity index (χ3v) is 3.81. The number of rotatable bonds is 3. The minimum absolute atomic E-state index is 0.0480. The van der Waals surface area contributed by atoms with Gasteiger partial charge in [-0.25, -0.2) is 0 Å². The molecule has 0 radical (unpaired) electrons. The van der Waals surface area contributed by atoms with Crippen molar-refractivity contribution in [3.8, 4) is 5.75 Å². The summed E-state index contributed by atoms with van der Waals surface area (Å²) in [5, 5.41) is 12.8. The molecule has 2 aromatic carbocycles. The molecule has 0 spiro atoms. The third-order valence-electron chi connectivity index (χ3n) is 3.81. The van der Waals surface area contributed by atoms with E-state index in [4.69, 9.17) is 0 Å². The Morgan fingerprint density at radius 2 is 1.90 bits per heavy atom. The van der Waals surface area contributed by atoms with Crippen molar-refractivity contribution in [3.63, 3.8) is 0 Å². The van der Waals surface area contributed by atoms with Crippen molar-refractivity contribution in [1.82, 2.24) is 5.32 Å². The van der Waals surface area contributed by atoms with E-state index < -0.39 is 0 Å². The van der Waals surface area contributed by atoms with Gasteiger partial charge in [-0.3, -0.25) is 4.79 Å². The van der Waals surface area contributed by atoms with Gasteiger partial charge in [0.25, 0.3) is 0 Å². The lowest BCUT2D eigenvalue weighted by Crippen LogP contribution is -2.28. The molecule has 0 saturated carbocycles. The average Bonchev–Trinajstić information content (AvgIpc) is 2.85. The van der Waals surface area contributed by atoms with Gasteiger partial charge in [0.15, 0.2) is 0 Å². The van der Waals surface area contributed by atoms with E-state index in [1.54, 1.807) is 18.2 Å². The number of hydrogen-bond acceptors (Lipinski definition) is 2. The fourth-order valence-corrected chi connectivity index (χ4v) is 2.79. The largest absolute Gasteiger partial charge is 0.508 e. The van der Waals surface area contributed by atoms with Crippen LogP contribution in [-0.2, 0) is 17.6 Å². The minimum Gasteiger partial charge on any atom is -0.508 e. The average molecular weight is 267 g/mol. The van der Waals surface area contributed by atoms with Gasteiger partial charge in [-0.05, 0) is 30.0 Å². The summed E-state index contributed by atoms with van der Waals surface area (Å²) in [5.74, 6) is 0.127. The first-order chi connectivity index (χ1) is 9.74. The number of hydrogen-bond donors (Lipinski definition) is 2. The predicted molar refractivity (Wildman–Crippen MR) is 77.5 cm³/mol. The molecule has 102 valence electrons. The summed E-state index contributed by atoms with van der Waals surface area (Å²) in [6.07, 6.45) is 2.18. The first kappa shape index (κ1) is 12.7. The maximum absolute atomic E-state index is 12.1. The zero-order chi connectivity index (χ0) is 13.9. The zero-order valence-corrected chi connectivity index (χ0v) is 11.2. The van der Waals surface area contributed by atoms with Gasteiger partial charge in [-0.15, -0.1) is 0 Å². The van der Waals surface area contributed by atoms with E-state index in [9.17, 15) is 9.90 Å². The molecule has 0 heterocycles. The summed E-state index contributed by atoms with van der Waals surface area (Å²) in [5.41, 5.74) is 3.20. The number of aromatic hydroxyl groups is 1. The molecule has 0 saturated heterocycles. The van der Waals surface area contributed by atoms with Crippen molar-refractivity contribution in [3.05, 3.63) is 65.2 Å². The topological polar surface area (TPSA) is 49.3 Å². The smallest absolute Gasteiger partial charge is 0.225 e. The lowest BCUT2D eigenvalue weighted by molar-refractivity contribution is -0.121. The third kappa shape index (κ3) is 2.52. The van der Waals surface area contributed by atoms with Crippen LogP contribution in [0.15, 0.2) is 48.5 Å². The van der Waals surface area contributed by atoms with E-state index in [1.807, 2.05) is 18.2 Å². The molecule has 20 heavy (non-hydrogen) atoms. The molecular weight excluding hydrogens is 250 g/mol. The Bertz CT molecular complexity index is 636. The second-order valence-electron chi connectivity index (χ2n) is 5.16. The highest BCUT2D eigenvalue weighted by molar-refractivity contribution is 5.79. The van der Waals surface area contributed by atoms with Crippen LogP contribution in [0.3, 0.4) is 0 Å². The number of carbonyl (C=O) groups excluding carboxylic acids is 1. The number of para-hydroxylation sites is 1. The van der Waals surface area contributed by atoms with Gasteiger partial charge in [0.05, 0.1) is 12.5 Å². The summed E-state index contributed by atoms with van der Waals surface area (Å²) in [7, 11) is 0. The number of phenols is 1. The summed E-state index contributed by atoms with van der Waals surface area (Å²) in [4.78, 5) is 12.1. The zero-order valence-electron chi connectivity index (χ0n) is 11.2. The molecule has 1 amide bonds. The van der Waals surface area contributed by atoms with Crippen LogP contribution >= 0.6 is 0 Å². The monoisotopic (exact) mass is 267 g/mol. The molecule has 3 nitrogen and oxygen atoms in total. The molecule has 1 atom stereocenters. The van der Waals surface area contributed by atoms with Crippen molar-refractivity contribution in [2.45, 2.75) is 25.3 Å².